The monoisotopic (exact) mass is 310 g/mol. The second kappa shape index (κ2) is 6.54. The molecule has 2 N–H and O–H groups in total. The summed E-state index contributed by atoms with van der Waals surface area (Å²) in [4.78, 5) is 20.3. The van der Waals surface area contributed by atoms with E-state index < -0.39 is 5.91 Å². The molecule has 2 aromatic rings. The van der Waals surface area contributed by atoms with Crippen LogP contribution in [-0.2, 0) is 0 Å². The molecule has 2 heterocycles. The van der Waals surface area contributed by atoms with Crippen molar-refractivity contribution in [2.24, 2.45) is 0 Å². The van der Waals surface area contributed by atoms with Gasteiger partial charge in [-0.25, -0.2) is 9.97 Å². The molecule has 0 atom stereocenters. The molecule has 0 aliphatic rings. The highest BCUT2D eigenvalue weighted by Crippen LogP contribution is 2.22. The van der Waals surface area contributed by atoms with E-state index in [0.717, 1.165) is 0 Å². The fourth-order valence-electron chi connectivity index (χ4n) is 1.54. The minimum Gasteiger partial charge on any atom is -0.370 e. The molecule has 0 aromatic carbocycles. The Bertz CT molecular complexity index is 634. The normalized spacial score (nSPS) is 10.2. The van der Waals surface area contributed by atoms with Crippen LogP contribution in [0.5, 0.6) is 0 Å². The van der Waals surface area contributed by atoms with Gasteiger partial charge in [0.1, 0.15) is 5.82 Å². The van der Waals surface area contributed by atoms with Gasteiger partial charge in [0, 0.05) is 18.9 Å². The Hall–Kier alpha value is -1.85. The van der Waals surface area contributed by atoms with Crippen molar-refractivity contribution in [3.63, 3.8) is 0 Å². The smallest absolute Gasteiger partial charge is 0.258 e. The number of nitrogens with zero attached hydrogens (tertiary/aromatic N) is 2. The lowest BCUT2D eigenvalue weighted by atomic mass is 10.2. The van der Waals surface area contributed by atoms with E-state index in [4.69, 9.17) is 23.2 Å². The SMILES string of the molecule is CCNc1cc(C(=O)Nc2ncccc2Cl)c(Cl)cn1. The fraction of sp³-hybridized carbons (Fsp3) is 0.154. The number of pyridine rings is 2. The second-order valence-electron chi connectivity index (χ2n) is 3.87. The Morgan fingerprint density at radius 1 is 1.30 bits per heavy atom. The summed E-state index contributed by atoms with van der Waals surface area (Å²) in [6.07, 6.45) is 2.97. The predicted molar refractivity (Wildman–Crippen MR) is 80.6 cm³/mol. The van der Waals surface area contributed by atoms with Crippen molar-refractivity contribution in [2.45, 2.75) is 6.92 Å². The third-order valence-electron chi connectivity index (χ3n) is 2.45. The lowest BCUT2D eigenvalue weighted by molar-refractivity contribution is 0.102. The lowest BCUT2D eigenvalue weighted by Gasteiger charge is -2.09. The molecule has 0 bridgehead atoms. The van der Waals surface area contributed by atoms with E-state index in [0.29, 0.717) is 22.9 Å². The van der Waals surface area contributed by atoms with E-state index in [9.17, 15) is 4.79 Å². The highest BCUT2D eigenvalue weighted by Gasteiger charge is 2.14. The zero-order chi connectivity index (χ0) is 14.5. The van der Waals surface area contributed by atoms with E-state index >= 15 is 0 Å². The number of hydrogen-bond acceptors (Lipinski definition) is 4. The van der Waals surface area contributed by atoms with E-state index in [1.54, 1.807) is 24.4 Å². The molecule has 7 heteroatoms. The standard InChI is InChI=1S/C13H12Cl2N4O/c1-2-16-11-6-8(10(15)7-18-11)13(20)19-12-9(14)4-3-5-17-12/h3-7H,2H2,1H3,(H,16,18)(H,17,19,20). The Labute approximate surface area is 126 Å². The summed E-state index contributed by atoms with van der Waals surface area (Å²) in [6.45, 7) is 2.63. The molecule has 20 heavy (non-hydrogen) atoms. The summed E-state index contributed by atoms with van der Waals surface area (Å²) in [5.74, 6) is 0.475. The highest BCUT2D eigenvalue weighted by molar-refractivity contribution is 6.35. The number of halogens is 2. The molecule has 0 radical (unpaired) electrons. The van der Waals surface area contributed by atoms with Gasteiger partial charge in [0.15, 0.2) is 5.82 Å². The van der Waals surface area contributed by atoms with Crippen LogP contribution in [0.2, 0.25) is 10.0 Å². The first-order valence-electron chi connectivity index (χ1n) is 5.93. The summed E-state index contributed by atoms with van der Waals surface area (Å²) < 4.78 is 0. The fourth-order valence-corrected chi connectivity index (χ4v) is 1.90. The molecule has 104 valence electrons. The Morgan fingerprint density at radius 2 is 2.10 bits per heavy atom. The van der Waals surface area contributed by atoms with E-state index in [1.165, 1.54) is 6.20 Å². The van der Waals surface area contributed by atoms with Gasteiger partial charge in [-0.15, -0.1) is 0 Å². The van der Waals surface area contributed by atoms with Gasteiger partial charge >= 0.3 is 0 Å². The van der Waals surface area contributed by atoms with Gasteiger partial charge in [0.25, 0.3) is 5.91 Å². The van der Waals surface area contributed by atoms with Crippen LogP contribution in [0.25, 0.3) is 0 Å². The number of nitrogens with one attached hydrogen (secondary N) is 2. The molecular formula is C13H12Cl2N4O. The average molecular weight is 311 g/mol. The van der Waals surface area contributed by atoms with Crippen LogP contribution in [0.1, 0.15) is 17.3 Å². The molecule has 5 nitrogen and oxygen atoms in total. The minimum atomic E-state index is -0.392. The number of aromatic nitrogens is 2. The molecular weight excluding hydrogens is 299 g/mol. The molecule has 0 fully saturated rings. The maximum atomic E-state index is 12.2. The van der Waals surface area contributed by atoms with E-state index in [1.807, 2.05) is 6.92 Å². The summed E-state index contributed by atoms with van der Waals surface area (Å²) in [6, 6.07) is 4.90. The van der Waals surface area contributed by atoms with Crippen molar-refractivity contribution in [3.05, 3.63) is 46.2 Å². The summed E-state index contributed by atoms with van der Waals surface area (Å²) in [5.41, 5.74) is 0.305. The quantitative estimate of drug-likeness (QED) is 0.907. The molecule has 2 rings (SSSR count). The van der Waals surface area contributed by atoms with Crippen molar-refractivity contribution in [1.82, 2.24) is 9.97 Å². The Balaban J connectivity index is 2.25. The Morgan fingerprint density at radius 3 is 2.80 bits per heavy atom. The number of hydrogen-bond donors (Lipinski definition) is 2. The average Bonchev–Trinajstić information content (AvgIpc) is 2.43. The van der Waals surface area contributed by atoms with Crippen LogP contribution in [0, 0.1) is 0 Å². The maximum Gasteiger partial charge on any atom is 0.258 e. The first kappa shape index (κ1) is 14.6. The van der Waals surface area contributed by atoms with Crippen molar-refractivity contribution in [1.29, 1.82) is 0 Å². The highest BCUT2D eigenvalue weighted by atomic mass is 35.5. The predicted octanol–water partition coefficient (Wildman–Crippen LogP) is 3.47. The van der Waals surface area contributed by atoms with Crippen LogP contribution in [-0.4, -0.2) is 22.4 Å². The topological polar surface area (TPSA) is 66.9 Å². The number of rotatable bonds is 4. The van der Waals surface area contributed by atoms with Gasteiger partial charge in [-0.3, -0.25) is 4.79 Å². The molecule has 0 spiro atoms. The number of anilines is 2. The largest absolute Gasteiger partial charge is 0.370 e. The van der Waals surface area contributed by atoms with Gasteiger partial charge in [-0.1, -0.05) is 23.2 Å². The zero-order valence-corrected chi connectivity index (χ0v) is 12.2. The van der Waals surface area contributed by atoms with Gasteiger partial charge in [-0.05, 0) is 25.1 Å². The molecule has 1 amide bonds. The van der Waals surface area contributed by atoms with E-state index in [-0.39, 0.29) is 10.8 Å². The number of carbonyl (C=O) groups is 1. The zero-order valence-electron chi connectivity index (χ0n) is 10.7. The third-order valence-corrected chi connectivity index (χ3v) is 3.05. The summed E-state index contributed by atoms with van der Waals surface area (Å²) >= 11 is 11.9. The van der Waals surface area contributed by atoms with Crippen molar-refractivity contribution in [2.75, 3.05) is 17.2 Å². The number of carbonyl (C=O) groups excluding carboxylic acids is 1. The first-order chi connectivity index (χ1) is 9.61. The molecule has 0 saturated carbocycles. The van der Waals surface area contributed by atoms with Crippen LogP contribution < -0.4 is 10.6 Å². The van der Waals surface area contributed by atoms with Gasteiger partial charge < -0.3 is 10.6 Å². The van der Waals surface area contributed by atoms with Crippen molar-refractivity contribution in [3.8, 4) is 0 Å². The van der Waals surface area contributed by atoms with Gasteiger partial charge in [-0.2, -0.15) is 0 Å². The van der Waals surface area contributed by atoms with Crippen LogP contribution >= 0.6 is 23.2 Å². The van der Waals surface area contributed by atoms with Crippen LogP contribution in [0.3, 0.4) is 0 Å². The first-order valence-corrected chi connectivity index (χ1v) is 6.68. The molecule has 2 aromatic heterocycles. The number of amides is 1. The van der Waals surface area contributed by atoms with Crippen molar-refractivity contribution >= 4 is 40.7 Å². The lowest BCUT2D eigenvalue weighted by Crippen LogP contribution is -2.14. The molecule has 0 aliphatic carbocycles. The van der Waals surface area contributed by atoms with Crippen molar-refractivity contribution < 1.29 is 4.79 Å². The minimum absolute atomic E-state index is 0.260. The summed E-state index contributed by atoms with van der Waals surface area (Å²) in [5, 5.41) is 6.25. The van der Waals surface area contributed by atoms with Crippen LogP contribution in [0.15, 0.2) is 30.6 Å². The third kappa shape index (κ3) is 3.37. The maximum absolute atomic E-state index is 12.2. The summed E-state index contributed by atoms with van der Waals surface area (Å²) in [7, 11) is 0. The molecule has 0 aliphatic heterocycles. The van der Waals surface area contributed by atoms with Gasteiger partial charge in [0.05, 0.1) is 15.6 Å². The molecule has 0 unspecified atom stereocenters. The molecule has 0 saturated heterocycles. The second-order valence-corrected chi connectivity index (χ2v) is 4.68. The Kier molecular flexibility index (Phi) is 4.76. The van der Waals surface area contributed by atoms with Gasteiger partial charge in [0.2, 0.25) is 0 Å². The van der Waals surface area contributed by atoms with E-state index in [2.05, 4.69) is 20.6 Å². The van der Waals surface area contributed by atoms with Crippen LogP contribution in [0.4, 0.5) is 11.6 Å².